The number of carbonyl (C=O) groups excluding carboxylic acids is 2. The molecule has 1 N–H and O–H groups in total. The smallest absolute Gasteiger partial charge is 0.229 e. The lowest BCUT2D eigenvalue weighted by molar-refractivity contribution is -0.149. The van der Waals surface area contributed by atoms with Crippen molar-refractivity contribution in [3.05, 3.63) is 24.0 Å². The van der Waals surface area contributed by atoms with E-state index in [2.05, 4.69) is 9.80 Å². The Bertz CT molecular complexity index is 775. The number of halogens is 1. The number of likely N-dealkylation sites (tertiary alicyclic amines) is 1. The number of rotatable bonds is 7. The van der Waals surface area contributed by atoms with Crippen LogP contribution < -0.4 is 9.64 Å². The van der Waals surface area contributed by atoms with Gasteiger partial charge in [-0.2, -0.15) is 0 Å². The van der Waals surface area contributed by atoms with Crippen molar-refractivity contribution in [1.82, 2.24) is 9.80 Å². The van der Waals surface area contributed by atoms with E-state index in [1.165, 1.54) is 23.8 Å². The van der Waals surface area contributed by atoms with Crippen LogP contribution >= 0.6 is 0 Å². The van der Waals surface area contributed by atoms with Crippen LogP contribution in [0.15, 0.2) is 18.2 Å². The molecular formula is C23H32FN3O4. The molecule has 1 aromatic rings. The summed E-state index contributed by atoms with van der Waals surface area (Å²) < 4.78 is 20.1. The van der Waals surface area contributed by atoms with Gasteiger partial charge in [0.25, 0.3) is 0 Å². The van der Waals surface area contributed by atoms with Gasteiger partial charge < -0.3 is 14.7 Å². The number of benzene rings is 1. The molecule has 7 nitrogen and oxygen atoms in total. The van der Waals surface area contributed by atoms with E-state index in [9.17, 15) is 19.1 Å². The lowest BCUT2D eigenvalue weighted by atomic mass is 10.1. The molecule has 3 fully saturated rings. The average molecular weight is 434 g/mol. The van der Waals surface area contributed by atoms with Crippen molar-refractivity contribution < 1.29 is 23.8 Å². The number of amides is 2. The van der Waals surface area contributed by atoms with Gasteiger partial charge in [-0.15, -0.1) is 0 Å². The van der Waals surface area contributed by atoms with Gasteiger partial charge in [-0.05, 0) is 44.2 Å². The zero-order chi connectivity index (χ0) is 21.8. The van der Waals surface area contributed by atoms with Crippen molar-refractivity contribution >= 4 is 17.5 Å². The van der Waals surface area contributed by atoms with Crippen molar-refractivity contribution in [1.29, 1.82) is 0 Å². The second-order valence-corrected chi connectivity index (χ2v) is 8.83. The number of aliphatic hydroxyl groups excluding tert-OH is 1. The third kappa shape index (κ3) is 5.54. The summed E-state index contributed by atoms with van der Waals surface area (Å²) in [6, 6.07) is 4.72. The molecule has 31 heavy (non-hydrogen) atoms. The number of aliphatic hydroxyl groups is 1. The maximum absolute atomic E-state index is 14.0. The first-order valence-electron chi connectivity index (χ1n) is 11.4. The predicted octanol–water partition coefficient (Wildman–Crippen LogP) is 2.17. The molecule has 8 heteroatoms. The predicted molar refractivity (Wildman–Crippen MR) is 115 cm³/mol. The number of imide groups is 1. The maximum atomic E-state index is 14.0. The van der Waals surface area contributed by atoms with Gasteiger partial charge in [-0.25, -0.2) is 4.39 Å². The number of nitrogens with zero attached hydrogens (tertiary/aromatic N) is 3. The normalized spacial score (nSPS) is 22.3. The zero-order valence-corrected chi connectivity index (χ0v) is 18.0. The van der Waals surface area contributed by atoms with Crippen LogP contribution in [0.25, 0.3) is 0 Å². The number of ether oxygens (including phenoxy) is 1. The molecule has 2 heterocycles. The molecule has 170 valence electrons. The van der Waals surface area contributed by atoms with Crippen LogP contribution in [0, 0.1) is 5.82 Å². The number of carbonyl (C=O) groups is 2. The fourth-order valence-corrected chi connectivity index (χ4v) is 4.76. The Kier molecular flexibility index (Phi) is 7.07. The van der Waals surface area contributed by atoms with Gasteiger partial charge in [0.2, 0.25) is 11.8 Å². The molecular weight excluding hydrogens is 401 g/mol. The van der Waals surface area contributed by atoms with Crippen LogP contribution in [0.4, 0.5) is 10.1 Å². The zero-order valence-electron chi connectivity index (χ0n) is 18.0. The van der Waals surface area contributed by atoms with Crippen LogP contribution in [0.1, 0.15) is 44.9 Å². The highest BCUT2D eigenvalue weighted by Crippen LogP contribution is 2.33. The standard InChI is InChI=1S/C23H32FN3O4/c24-17-8-9-21(31-19-4-1-2-5-19)20(14-17)26-12-10-25(11-13-26)15-18(28)16-27-22(29)6-3-7-23(27)30/h8-9,14,18-19,28H,1-7,10-13,15-16H2. The summed E-state index contributed by atoms with van der Waals surface area (Å²) in [6.07, 6.45) is 5.22. The molecule has 3 aliphatic rings. The van der Waals surface area contributed by atoms with E-state index >= 15 is 0 Å². The van der Waals surface area contributed by atoms with E-state index in [4.69, 9.17) is 4.74 Å². The molecule has 2 aliphatic heterocycles. The summed E-state index contributed by atoms with van der Waals surface area (Å²) in [5, 5.41) is 10.4. The number of hydrogen-bond acceptors (Lipinski definition) is 6. The van der Waals surface area contributed by atoms with Gasteiger partial charge in [0.1, 0.15) is 11.6 Å². The van der Waals surface area contributed by atoms with Crippen molar-refractivity contribution in [2.75, 3.05) is 44.2 Å². The first kappa shape index (κ1) is 22.0. The SMILES string of the molecule is O=C1CCCC(=O)N1CC(O)CN1CCN(c2cc(F)ccc2OC2CCCC2)CC1. The summed E-state index contributed by atoms with van der Waals surface area (Å²) in [7, 11) is 0. The summed E-state index contributed by atoms with van der Waals surface area (Å²) in [4.78, 5) is 29.3. The van der Waals surface area contributed by atoms with Crippen LogP contribution in [-0.2, 0) is 9.59 Å². The first-order chi connectivity index (χ1) is 15.0. The highest BCUT2D eigenvalue weighted by Gasteiger charge is 2.29. The molecule has 0 radical (unpaired) electrons. The Morgan fingerprint density at radius 3 is 2.35 bits per heavy atom. The quantitative estimate of drug-likeness (QED) is 0.665. The Balaban J connectivity index is 1.31. The van der Waals surface area contributed by atoms with Gasteiger partial charge in [-0.1, -0.05) is 0 Å². The van der Waals surface area contributed by atoms with E-state index in [0.29, 0.717) is 52.0 Å². The van der Waals surface area contributed by atoms with Gasteiger partial charge in [-0.3, -0.25) is 19.4 Å². The Morgan fingerprint density at radius 2 is 1.68 bits per heavy atom. The van der Waals surface area contributed by atoms with Crippen molar-refractivity contribution in [3.8, 4) is 5.75 Å². The van der Waals surface area contributed by atoms with E-state index < -0.39 is 6.10 Å². The summed E-state index contributed by atoms with van der Waals surface area (Å²) in [5.74, 6) is 0.0772. The molecule has 4 rings (SSSR count). The van der Waals surface area contributed by atoms with Gasteiger partial charge in [0.15, 0.2) is 0 Å². The lowest BCUT2D eigenvalue weighted by Crippen LogP contribution is -2.51. The second kappa shape index (κ2) is 9.96. The third-order valence-corrected chi connectivity index (χ3v) is 6.48. The minimum atomic E-state index is -0.770. The van der Waals surface area contributed by atoms with Gasteiger partial charge >= 0.3 is 0 Å². The number of hydrogen-bond donors (Lipinski definition) is 1. The maximum Gasteiger partial charge on any atom is 0.229 e. The fraction of sp³-hybridized carbons (Fsp3) is 0.652. The van der Waals surface area contributed by atoms with Crippen LogP contribution in [0.5, 0.6) is 5.75 Å². The van der Waals surface area contributed by atoms with E-state index in [-0.39, 0.29) is 30.3 Å². The van der Waals surface area contributed by atoms with Crippen molar-refractivity contribution in [2.24, 2.45) is 0 Å². The molecule has 2 amide bonds. The van der Waals surface area contributed by atoms with Crippen molar-refractivity contribution in [2.45, 2.75) is 57.2 Å². The van der Waals surface area contributed by atoms with Gasteiger partial charge in [0.05, 0.1) is 24.4 Å². The van der Waals surface area contributed by atoms with E-state index in [1.807, 2.05) is 0 Å². The minimum absolute atomic E-state index is 0.0567. The Hall–Kier alpha value is -2.19. The highest BCUT2D eigenvalue weighted by atomic mass is 19.1. The molecule has 0 bridgehead atoms. The lowest BCUT2D eigenvalue weighted by Gasteiger charge is -2.38. The largest absolute Gasteiger partial charge is 0.488 e. The minimum Gasteiger partial charge on any atom is -0.488 e. The molecule has 1 aliphatic carbocycles. The monoisotopic (exact) mass is 433 g/mol. The second-order valence-electron chi connectivity index (χ2n) is 8.83. The molecule has 1 unspecified atom stereocenters. The Morgan fingerprint density at radius 1 is 1.00 bits per heavy atom. The first-order valence-corrected chi connectivity index (χ1v) is 11.4. The van der Waals surface area contributed by atoms with Crippen molar-refractivity contribution in [3.63, 3.8) is 0 Å². The number of piperidine rings is 1. The number of piperazine rings is 1. The van der Waals surface area contributed by atoms with Crippen LogP contribution in [0.2, 0.25) is 0 Å². The molecule has 1 atom stereocenters. The molecule has 1 aromatic carbocycles. The topological polar surface area (TPSA) is 73.3 Å². The van der Waals surface area contributed by atoms with E-state index in [1.54, 1.807) is 12.1 Å². The van der Waals surface area contributed by atoms with Crippen LogP contribution in [0.3, 0.4) is 0 Å². The number of anilines is 1. The summed E-state index contributed by atoms with van der Waals surface area (Å²) >= 11 is 0. The van der Waals surface area contributed by atoms with Gasteiger partial charge in [0, 0.05) is 51.6 Å². The summed E-state index contributed by atoms with van der Waals surface area (Å²) in [5.41, 5.74) is 0.789. The van der Waals surface area contributed by atoms with E-state index in [0.717, 1.165) is 24.3 Å². The number of β-amino-alcohol motifs (C(OH)–C–C–N with tert-alkyl or cyclic N) is 1. The summed E-state index contributed by atoms with van der Waals surface area (Å²) in [6.45, 7) is 3.26. The van der Waals surface area contributed by atoms with Crippen LogP contribution in [-0.4, -0.2) is 78.2 Å². The Labute approximate surface area is 182 Å². The fourth-order valence-electron chi connectivity index (χ4n) is 4.76. The molecule has 2 saturated heterocycles. The molecule has 1 saturated carbocycles. The third-order valence-electron chi connectivity index (χ3n) is 6.48. The highest BCUT2D eigenvalue weighted by molar-refractivity contribution is 5.97. The average Bonchev–Trinajstić information content (AvgIpc) is 3.26. The molecule has 0 aromatic heterocycles. The molecule has 0 spiro atoms.